The maximum Gasteiger partial charge on any atom is 0.100 e. The molecule has 0 bridgehead atoms. The molecule has 0 fully saturated rings. The molecule has 5 aromatic heterocycles. The summed E-state index contributed by atoms with van der Waals surface area (Å²) in [5, 5.41) is 6.27. The fourth-order valence-electron chi connectivity index (χ4n) is 5.44. The zero-order valence-electron chi connectivity index (χ0n) is 20.6. The van der Waals surface area contributed by atoms with E-state index >= 15 is 0 Å². The van der Waals surface area contributed by atoms with E-state index in [1.165, 1.54) is 57.5 Å². The van der Waals surface area contributed by atoms with Gasteiger partial charge in [-0.05, 0) is 72.6 Å². The number of aryl methyl sites for hydroxylation is 1. The summed E-state index contributed by atoms with van der Waals surface area (Å²) in [6.45, 7) is 2.15. The Morgan fingerprint density at radius 1 is 0.579 bits per heavy atom. The van der Waals surface area contributed by atoms with Crippen molar-refractivity contribution in [2.75, 3.05) is 0 Å². The molecule has 0 saturated carbocycles. The zero-order valence-corrected chi connectivity index (χ0v) is 22.2. The number of fused-ring (bicyclic) bond motifs is 6. The highest BCUT2D eigenvalue weighted by atomic mass is 32.1. The minimum absolute atomic E-state index is 0.883. The van der Waals surface area contributed by atoms with Gasteiger partial charge in [0.2, 0.25) is 0 Å². The van der Waals surface area contributed by atoms with Gasteiger partial charge in [0.25, 0.3) is 0 Å². The number of thiophene rings is 2. The van der Waals surface area contributed by atoms with Crippen LogP contribution in [0, 0.1) is 6.92 Å². The second-order valence-corrected chi connectivity index (χ2v) is 11.9. The second kappa shape index (κ2) is 8.35. The highest BCUT2D eigenvalue weighted by molar-refractivity contribution is 7.25. The number of rotatable bonds is 3. The summed E-state index contributed by atoms with van der Waals surface area (Å²) in [5.41, 5.74) is 6.52. The van der Waals surface area contributed by atoms with Crippen LogP contribution in [-0.4, -0.2) is 14.5 Å². The van der Waals surface area contributed by atoms with Crippen LogP contribution in [0.5, 0.6) is 0 Å². The molecule has 0 aliphatic carbocycles. The van der Waals surface area contributed by atoms with E-state index in [-0.39, 0.29) is 0 Å². The van der Waals surface area contributed by atoms with Crippen LogP contribution in [0.3, 0.4) is 0 Å². The van der Waals surface area contributed by atoms with Crippen molar-refractivity contribution in [2.45, 2.75) is 6.92 Å². The summed E-state index contributed by atoms with van der Waals surface area (Å²) in [6, 6.07) is 34.9. The maximum atomic E-state index is 4.82. The Balaban J connectivity index is 1.37. The average Bonchev–Trinajstić information content (AvgIpc) is 3.65. The van der Waals surface area contributed by atoms with E-state index in [1.807, 2.05) is 41.9 Å². The smallest absolute Gasteiger partial charge is 0.100 e. The molecule has 3 aromatic carbocycles. The number of nitrogens with zero attached hydrogens (tertiary/aromatic N) is 3. The normalized spacial score (nSPS) is 11.8. The number of benzene rings is 3. The highest BCUT2D eigenvalue weighted by Crippen LogP contribution is 2.40. The zero-order chi connectivity index (χ0) is 25.2. The van der Waals surface area contributed by atoms with Crippen molar-refractivity contribution >= 4 is 64.7 Å². The quantitative estimate of drug-likeness (QED) is 0.231. The minimum Gasteiger partial charge on any atom is -0.299 e. The second-order valence-electron chi connectivity index (χ2n) is 9.56. The molecule has 3 nitrogen and oxygen atoms in total. The minimum atomic E-state index is 0.883. The molecule has 38 heavy (non-hydrogen) atoms. The first-order chi connectivity index (χ1) is 18.7. The van der Waals surface area contributed by atoms with Crippen molar-refractivity contribution in [3.05, 3.63) is 114 Å². The summed E-state index contributed by atoms with van der Waals surface area (Å²) in [4.78, 5) is 10.7. The summed E-state index contributed by atoms with van der Waals surface area (Å²) >= 11 is 3.67. The van der Waals surface area contributed by atoms with Crippen LogP contribution in [0.25, 0.3) is 69.5 Å². The van der Waals surface area contributed by atoms with Gasteiger partial charge in [-0.15, -0.1) is 22.7 Å². The van der Waals surface area contributed by atoms with Crippen LogP contribution in [0.15, 0.2) is 109 Å². The Hall–Kier alpha value is -4.32. The lowest BCUT2D eigenvalue weighted by atomic mass is 10.0. The lowest BCUT2D eigenvalue weighted by Gasteiger charge is -2.06. The largest absolute Gasteiger partial charge is 0.299 e. The van der Waals surface area contributed by atoms with Crippen molar-refractivity contribution in [1.29, 1.82) is 0 Å². The van der Waals surface area contributed by atoms with Crippen LogP contribution >= 0.6 is 22.7 Å². The Labute approximate surface area is 227 Å². The molecule has 0 saturated heterocycles. The number of pyridine rings is 2. The van der Waals surface area contributed by atoms with Gasteiger partial charge >= 0.3 is 0 Å². The van der Waals surface area contributed by atoms with E-state index in [0.717, 1.165) is 16.9 Å². The Morgan fingerprint density at radius 2 is 1.39 bits per heavy atom. The molecule has 0 aliphatic rings. The number of aromatic nitrogens is 3. The molecule has 0 amide bonds. The average molecular weight is 524 g/mol. The molecular formula is C33H21N3S2. The molecule has 0 spiro atoms. The Kier molecular flexibility index (Phi) is 4.78. The van der Waals surface area contributed by atoms with Gasteiger partial charge in [0, 0.05) is 42.0 Å². The summed E-state index contributed by atoms with van der Waals surface area (Å²) < 4.78 is 5.00. The standard InChI is InChI=1S/C33H21N3S2/c1-20-9-14-33(37-20)36-29-13-11-21(22-10-12-24-23-6-2-3-8-31(23)38-32(24)17-22)16-25(29)26-18-28(35-19-30(26)36)27-7-4-5-15-34-27/h2-19H,1H3. The van der Waals surface area contributed by atoms with Crippen LogP contribution in [-0.2, 0) is 0 Å². The molecule has 5 heteroatoms. The number of hydrogen-bond donors (Lipinski definition) is 0. The van der Waals surface area contributed by atoms with Gasteiger partial charge < -0.3 is 0 Å². The van der Waals surface area contributed by atoms with Gasteiger partial charge in [0.1, 0.15) is 5.00 Å². The number of hydrogen-bond acceptors (Lipinski definition) is 4. The first-order valence-electron chi connectivity index (χ1n) is 12.6. The van der Waals surface area contributed by atoms with Crippen LogP contribution < -0.4 is 0 Å². The van der Waals surface area contributed by atoms with Gasteiger partial charge in [-0.25, -0.2) is 0 Å². The summed E-state index contributed by atoms with van der Waals surface area (Å²) in [7, 11) is 0. The van der Waals surface area contributed by atoms with Gasteiger partial charge in [-0.2, -0.15) is 0 Å². The third-order valence-corrected chi connectivity index (χ3v) is 9.36. The third kappa shape index (κ3) is 3.33. The van der Waals surface area contributed by atoms with Gasteiger partial charge in [-0.1, -0.05) is 42.5 Å². The molecular weight excluding hydrogens is 503 g/mol. The van der Waals surface area contributed by atoms with Crippen LogP contribution in [0.4, 0.5) is 0 Å². The molecule has 8 rings (SSSR count). The van der Waals surface area contributed by atoms with E-state index in [1.54, 1.807) is 11.3 Å². The van der Waals surface area contributed by atoms with Crippen molar-refractivity contribution in [1.82, 2.24) is 14.5 Å². The summed E-state index contributed by atoms with van der Waals surface area (Å²) in [6.07, 6.45) is 3.82. The predicted octanol–water partition coefficient (Wildman–Crippen LogP) is 9.65. The Morgan fingerprint density at radius 3 is 2.26 bits per heavy atom. The van der Waals surface area contributed by atoms with E-state index in [9.17, 15) is 0 Å². The van der Waals surface area contributed by atoms with Crippen molar-refractivity contribution in [3.63, 3.8) is 0 Å². The van der Waals surface area contributed by atoms with Crippen molar-refractivity contribution < 1.29 is 0 Å². The van der Waals surface area contributed by atoms with Crippen molar-refractivity contribution in [3.8, 4) is 27.5 Å². The van der Waals surface area contributed by atoms with Crippen LogP contribution in [0.2, 0.25) is 0 Å². The lowest BCUT2D eigenvalue weighted by molar-refractivity contribution is 1.19. The maximum absolute atomic E-state index is 4.82. The molecule has 0 unspecified atom stereocenters. The van der Waals surface area contributed by atoms with E-state index in [4.69, 9.17) is 4.98 Å². The molecule has 0 aliphatic heterocycles. The molecule has 0 radical (unpaired) electrons. The fraction of sp³-hybridized carbons (Fsp3) is 0.0303. The van der Waals surface area contributed by atoms with Crippen molar-refractivity contribution in [2.24, 2.45) is 0 Å². The van der Waals surface area contributed by atoms with E-state index in [2.05, 4.69) is 95.3 Å². The SMILES string of the molecule is Cc1ccc(-n2c3ccc(-c4ccc5c(c4)sc4ccccc45)cc3c3cc(-c4ccccn4)ncc32)s1. The monoisotopic (exact) mass is 523 g/mol. The Bertz CT molecular complexity index is 2150. The van der Waals surface area contributed by atoms with Gasteiger partial charge in [0.15, 0.2) is 0 Å². The van der Waals surface area contributed by atoms with Gasteiger partial charge in [0.05, 0.1) is 28.6 Å². The van der Waals surface area contributed by atoms with Crippen LogP contribution in [0.1, 0.15) is 4.88 Å². The summed E-state index contributed by atoms with van der Waals surface area (Å²) in [5.74, 6) is 0. The van der Waals surface area contributed by atoms with Gasteiger partial charge in [-0.3, -0.25) is 14.5 Å². The molecule has 5 heterocycles. The molecule has 180 valence electrons. The fourth-order valence-corrected chi connectivity index (χ4v) is 7.47. The first kappa shape index (κ1) is 21.7. The highest BCUT2D eigenvalue weighted by Gasteiger charge is 2.17. The lowest BCUT2D eigenvalue weighted by Crippen LogP contribution is -1.92. The van der Waals surface area contributed by atoms with E-state index in [0.29, 0.717) is 0 Å². The topological polar surface area (TPSA) is 30.7 Å². The third-order valence-electron chi connectivity index (χ3n) is 7.24. The molecule has 8 aromatic rings. The predicted molar refractivity (Wildman–Crippen MR) is 163 cm³/mol. The molecule has 0 N–H and O–H groups in total. The molecule has 0 atom stereocenters. The first-order valence-corrected chi connectivity index (χ1v) is 14.2. The van der Waals surface area contributed by atoms with E-state index < -0.39 is 0 Å².